The van der Waals surface area contributed by atoms with Crippen LogP contribution < -0.4 is 0 Å². The molecule has 0 heteroatoms. The second kappa shape index (κ2) is 15.0. The van der Waals surface area contributed by atoms with E-state index in [1.807, 2.05) is 0 Å². The van der Waals surface area contributed by atoms with Gasteiger partial charge in [0, 0.05) is 0 Å². The third-order valence-electron chi connectivity index (χ3n) is 9.90. The summed E-state index contributed by atoms with van der Waals surface area (Å²) in [7, 11) is 0. The maximum atomic E-state index is 2.47. The van der Waals surface area contributed by atoms with E-state index in [1.54, 1.807) is 83.5 Å². The van der Waals surface area contributed by atoms with E-state index < -0.39 is 0 Å². The molecule has 0 radical (unpaired) electrons. The van der Waals surface area contributed by atoms with Crippen molar-refractivity contribution in [3.05, 3.63) is 0 Å². The fraction of sp³-hybridized carbons (Fsp3) is 1.00. The molecule has 0 saturated heterocycles. The van der Waals surface area contributed by atoms with E-state index in [-0.39, 0.29) is 29.7 Å². The summed E-state index contributed by atoms with van der Waals surface area (Å²) in [5.41, 5.74) is 0. The quantitative estimate of drug-likeness (QED) is 0.411. The zero-order chi connectivity index (χ0) is 18.6. The van der Waals surface area contributed by atoms with Crippen LogP contribution in [0.3, 0.4) is 0 Å². The van der Waals surface area contributed by atoms with E-state index in [1.165, 1.54) is 25.7 Å². The molecule has 4 aliphatic carbocycles. The van der Waals surface area contributed by atoms with Gasteiger partial charge in [-0.2, -0.15) is 0 Å². The van der Waals surface area contributed by atoms with Gasteiger partial charge in [0.05, 0.1) is 0 Å². The van der Waals surface area contributed by atoms with Crippen molar-refractivity contribution in [2.45, 2.75) is 153 Å². The van der Waals surface area contributed by atoms with Crippen LogP contribution in [0.5, 0.6) is 0 Å². The zero-order valence-corrected chi connectivity index (χ0v) is 18.6. The van der Waals surface area contributed by atoms with Crippen molar-refractivity contribution < 1.29 is 0 Å². The first-order valence-electron chi connectivity index (χ1n) is 13.2. The smallest absolute Gasteiger partial charge is 0.0386 e. The van der Waals surface area contributed by atoms with E-state index in [4.69, 9.17) is 0 Å². The molecule has 4 fully saturated rings. The van der Waals surface area contributed by atoms with Crippen molar-refractivity contribution in [1.82, 2.24) is 0 Å². The van der Waals surface area contributed by atoms with Gasteiger partial charge >= 0.3 is 0 Å². The average Bonchev–Trinajstić information content (AvgIpc) is 2.71. The van der Waals surface area contributed by atoms with Crippen LogP contribution in [0.4, 0.5) is 0 Å². The van der Waals surface area contributed by atoms with Crippen LogP contribution in [0.2, 0.25) is 0 Å². The van der Waals surface area contributed by atoms with Gasteiger partial charge in [-0.15, -0.1) is 0 Å². The molecule has 0 aliphatic heterocycles. The Morgan fingerprint density at radius 1 is 0.355 bits per heavy atom. The summed E-state index contributed by atoms with van der Waals surface area (Å²) in [5.74, 6) is 8.67. The molecule has 4 rings (SSSR count). The molecule has 31 heavy (non-hydrogen) atoms. The molecule has 0 spiro atoms. The maximum Gasteiger partial charge on any atom is -0.0386 e. The van der Waals surface area contributed by atoms with E-state index in [2.05, 4.69) is 13.8 Å². The minimum Gasteiger partial charge on any atom is -0.0776 e. The van der Waals surface area contributed by atoms with Crippen molar-refractivity contribution in [3.8, 4) is 0 Å². The molecule has 0 bridgehead atoms. The lowest BCUT2D eigenvalue weighted by atomic mass is 9.66. The standard InChI is InChI=1S/C27H48.4CH4/c1-20-3-11-24(12-4-20)26-15-7-22(8-16-26)19-23-9-17-27(18-10-23)25-13-5-21(2)6-14-25;;;;/h20-27H,3-19H2,1-2H3;4*1H4. The molecule has 4 aliphatic rings. The van der Waals surface area contributed by atoms with Gasteiger partial charge in [-0.3, -0.25) is 0 Å². The van der Waals surface area contributed by atoms with Gasteiger partial charge in [-0.05, 0) is 105 Å². The Morgan fingerprint density at radius 2 is 0.581 bits per heavy atom. The number of rotatable bonds is 4. The van der Waals surface area contributed by atoms with E-state index in [9.17, 15) is 0 Å². The third kappa shape index (κ3) is 8.70. The molecule has 0 nitrogen and oxygen atoms in total. The summed E-state index contributed by atoms with van der Waals surface area (Å²) in [6.07, 6.45) is 26.6. The molecule has 0 heterocycles. The van der Waals surface area contributed by atoms with E-state index >= 15 is 0 Å². The lowest BCUT2D eigenvalue weighted by Crippen LogP contribution is -2.28. The molecular formula is C31H64. The first-order chi connectivity index (χ1) is 13.2. The molecule has 188 valence electrons. The van der Waals surface area contributed by atoms with Crippen molar-refractivity contribution in [2.24, 2.45) is 47.3 Å². The highest BCUT2D eigenvalue weighted by Crippen LogP contribution is 2.46. The summed E-state index contributed by atoms with van der Waals surface area (Å²) < 4.78 is 0. The van der Waals surface area contributed by atoms with Crippen LogP contribution in [-0.4, -0.2) is 0 Å². The first kappa shape index (κ1) is 31.0. The van der Waals surface area contributed by atoms with Crippen molar-refractivity contribution >= 4 is 0 Å². The summed E-state index contributed by atoms with van der Waals surface area (Å²) in [6.45, 7) is 4.94. The monoisotopic (exact) mass is 437 g/mol. The van der Waals surface area contributed by atoms with Gasteiger partial charge in [0.15, 0.2) is 0 Å². The first-order valence-corrected chi connectivity index (χ1v) is 13.2. The Morgan fingerprint density at radius 3 is 0.839 bits per heavy atom. The maximum absolute atomic E-state index is 2.47. The predicted molar refractivity (Wildman–Crippen MR) is 145 cm³/mol. The second-order valence-electron chi connectivity index (χ2n) is 11.8. The van der Waals surface area contributed by atoms with Crippen LogP contribution in [-0.2, 0) is 0 Å². The van der Waals surface area contributed by atoms with Crippen LogP contribution in [0.1, 0.15) is 153 Å². The molecule has 0 aromatic heterocycles. The molecule has 0 atom stereocenters. The Bertz CT molecular complexity index is 367. The van der Waals surface area contributed by atoms with Crippen LogP contribution >= 0.6 is 0 Å². The molecule has 0 N–H and O–H groups in total. The zero-order valence-electron chi connectivity index (χ0n) is 18.6. The number of hydrogen-bond donors (Lipinski definition) is 0. The van der Waals surface area contributed by atoms with E-state index in [0.29, 0.717) is 0 Å². The van der Waals surface area contributed by atoms with Gasteiger partial charge in [0.1, 0.15) is 0 Å². The van der Waals surface area contributed by atoms with Crippen LogP contribution in [0.25, 0.3) is 0 Å². The summed E-state index contributed by atoms with van der Waals surface area (Å²) in [4.78, 5) is 0. The van der Waals surface area contributed by atoms with Crippen molar-refractivity contribution in [2.75, 3.05) is 0 Å². The molecule has 0 unspecified atom stereocenters. The highest BCUT2D eigenvalue weighted by atomic mass is 14.4. The second-order valence-corrected chi connectivity index (χ2v) is 11.8. The highest BCUT2D eigenvalue weighted by molar-refractivity contribution is 4.85. The summed E-state index contributed by atoms with van der Waals surface area (Å²) >= 11 is 0. The van der Waals surface area contributed by atoms with Gasteiger partial charge in [-0.1, -0.05) is 94.9 Å². The SMILES string of the molecule is C.C.C.C.CC1CCC(C2CCC(CC3CCC(C4CCC(C)CC4)CC3)CC2)CC1. The minimum absolute atomic E-state index is 0. The topological polar surface area (TPSA) is 0 Å². The van der Waals surface area contributed by atoms with Crippen LogP contribution in [0.15, 0.2) is 0 Å². The lowest BCUT2D eigenvalue weighted by molar-refractivity contribution is 0.117. The Labute approximate surface area is 200 Å². The number of hydrogen-bond acceptors (Lipinski definition) is 0. The highest BCUT2D eigenvalue weighted by Gasteiger charge is 2.33. The fourth-order valence-electron chi connectivity index (χ4n) is 7.78. The Kier molecular flexibility index (Phi) is 15.0. The van der Waals surface area contributed by atoms with Crippen molar-refractivity contribution in [1.29, 1.82) is 0 Å². The van der Waals surface area contributed by atoms with Crippen molar-refractivity contribution in [3.63, 3.8) is 0 Å². The average molecular weight is 437 g/mol. The minimum atomic E-state index is 0. The Hall–Kier alpha value is 0. The fourth-order valence-corrected chi connectivity index (χ4v) is 7.78. The molecular weight excluding hydrogens is 372 g/mol. The molecule has 0 aromatic carbocycles. The lowest BCUT2D eigenvalue weighted by Gasteiger charge is -2.40. The van der Waals surface area contributed by atoms with E-state index in [0.717, 1.165) is 47.3 Å². The van der Waals surface area contributed by atoms with Gasteiger partial charge in [-0.25, -0.2) is 0 Å². The normalized spacial score (nSPS) is 40.8. The third-order valence-corrected chi connectivity index (χ3v) is 9.90. The van der Waals surface area contributed by atoms with Gasteiger partial charge in [0.25, 0.3) is 0 Å². The molecule has 4 saturated carbocycles. The summed E-state index contributed by atoms with van der Waals surface area (Å²) in [6, 6.07) is 0. The summed E-state index contributed by atoms with van der Waals surface area (Å²) in [5, 5.41) is 0. The van der Waals surface area contributed by atoms with Gasteiger partial charge < -0.3 is 0 Å². The molecule has 0 aromatic rings. The molecule has 0 amide bonds. The Balaban J connectivity index is 0.00000225. The largest absolute Gasteiger partial charge is 0.0776 e. The predicted octanol–water partition coefficient (Wildman–Crippen LogP) is 11.2. The van der Waals surface area contributed by atoms with Gasteiger partial charge in [0.2, 0.25) is 0 Å². The van der Waals surface area contributed by atoms with Crippen LogP contribution in [0, 0.1) is 47.3 Å².